The molecule has 26 heavy (non-hydrogen) atoms. The third-order valence-corrected chi connectivity index (χ3v) is 5.37. The first-order valence-electron chi connectivity index (χ1n) is 8.88. The number of aromatic nitrogens is 2. The number of hydrogen-bond acceptors (Lipinski definition) is 5. The molecular weight excluding hydrogens is 332 g/mol. The summed E-state index contributed by atoms with van der Waals surface area (Å²) in [4.78, 5) is 17.1. The zero-order chi connectivity index (χ0) is 18.3. The lowest BCUT2D eigenvalue weighted by molar-refractivity contribution is -0.122. The summed E-state index contributed by atoms with van der Waals surface area (Å²) in [5.41, 5.74) is 3.36. The van der Waals surface area contributed by atoms with Gasteiger partial charge in [-0.2, -0.15) is 5.10 Å². The van der Waals surface area contributed by atoms with E-state index in [1.807, 2.05) is 24.2 Å². The minimum absolute atomic E-state index is 0.0727. The molecule has 1 unspecified atom stereocenters. The minimum Gasteiger partial charge on any atom is -0.493 e. The first-order valence-corrected chi connectivity index (χ1v) is 8.88. The molecule has 0 aliphatic carbocycles. The lowest BCUT2D eigenvalue weighted by Gasteiger charge is -2.33. The molecular formula is C19H24N4O3. The molecule has 2 aromatic rings. The molecule has 1 aromatic carbocycles. The van der Waals surface area contributed by atoms with Gasteiger partial charge in [-0.05, 0) is 36.1 Å². The van der Waals surface area contributed by atoms with E-state index >= 15 is 0 Å². The highest BCUT2D eigenvalue weighted by molar-refractivity contribution is 5.99. The van der Waals surface area contributed by atoms with Gasteiger partial charge < -0.3 is 14.4 Å². The Labute approximate surface area is 153 Å². The summed E-state index contributed by atoms with van der Waals surface area (Å²) in [6.45, 7) is 2.37. The molecule has 0 N–H and O–H groups in total. The van der Waals surface area contributed by atoms with Crippen molar-refractivity contribution < 1.29 is 14.3 Å². The van der Waals surface area contributed by atoms with Gasteiger partial charge in [0.05, 0.1) is 32.1 Å². The molecule has 3 heterocycles. The standard InChI is InChI=1S/C19H24N4O3/c1-21-12-15(10-20-21)23-7-5-16(19(23)24)22-6-4-13-8-17(25-2)18(26-3)9-14(13)11-22/h8-10,12,16H,4-7,11H2,1-3H3. The summed E-state index contributed by atoms with van der Waals surface area (Å²) in [6, 6.07) is 4.03. The topological polar surface area (TPSA) is 59.8 Å². The minimum atomic E-state index is -0.0727. The van der Waals surface area contributed by atoms with E-state index in [1.54, 1.807) is 25.1 Å². The highest BCUT2D eigenvalue weighted by Gasteiger charge is 2.38. The fourth-order valence-corrected chi connectivity index (χ4v) is 3.98. The number of amides is 1. The Kier molecular flexibility index (Phi) is 4.32. The summed E-state index contributed by atoms with van der Waals surface area (Å²) < 4.78 is 12.6. The van der Waals surface area contributed by atoms with Crippen LogP contribution in [0, 0.1) is 0 Å². The molecule has 1 atom stereocenters. The van der Waals surface area contributed by atoms with Crippen molar-refractivity contribution >= 4 is 11.6 Å². The Morgan fingerprint density at radius 2 is 1.85 bits per heavy atom. The Morgan fingerprint density at radius 3 is 2.50 bits per heavy atom. The molecule has 1 aromatic heterocycles. The fraction of sp³-hybridized carbons (Fsp3) is 0.474. The van der Waals surface area contributed by atoms with Crippen molar-refractivity contribution in [3.63, 3.8) is 0 Å². The summed E-state index contributed by atoms with van der Waals surface area (Å²) in [5.74, 6) is 1.67. The molecule has 4 rings (SSSR count). The van der Waals surface area contributed by atoms with Crippen molar-refractivity contribution in [3.05, 3.63) is 35.7 Å². The highest BCUT2D eigenvalue weighted by atomic mass is 16.5. The predicted molar refractivity (Wildman–Crippen MR) is 97.6 cm³/mol. The van der Waals surface area contributed by atoms with Crippen molar-refractivity contribution in [2.75, 3.05) is 32.2 Å². The molecule has 138 valence electrons. The van der Waals surface area contributed by atoms with E-state index in [0.29, 0.717) is 0 Å². The maximum atomic E-state index is 13.0. The smallest absolute Gasteiger partial charge is 0.244 e. The fourth-order valence-electron chi connectivity index (χ4n) is 3.98. The molecule has 1 amide bonds. The van der Waals surface area contributed by atoms with E-state index in [-0.39, 0.29) is 11.9 Å². The van der Waals surface area contributed by atoms with E-state index in [2.05, 4.69) is 16.1 Å². The van der Waals surface area contributed by atoms with Crippen molar-refractivity contribution in [1.82, 2.24) is 14.7 Å². The largest absolute Gasteiger partial charge is 0.493 e. The number of methoxy groups -OCH3 is 2. The Balaban J connectivity index is 1.53. The zero-order valence-corrected chi connectivity index (χ0v) is 15.4. The summed E-state index contributed by atoms with van der Waals surface area (Å²) in [5, 5.41) is 4.18. The monoisotopic (exact) mass is 356 g/mol. The summed E-state index contributed by atoms with van der Waals surface area (Å²) >= 11 is 0. The van der Waals surface area contributed by atoms with Gasteiger partial charge in [-0.25, -0.2) is 0 Å². The maximum absolute atomic E-state index is 13.0. The van der Waals surface area contributed by atoms with Crippen LogP contribution < -0.4 is 14.4 Å². The van der Waals surface area contributed by atoms with E-state index in [9.17, 15) is 4.79 Å². The number of nitrogens with zero attached hydrogens (tertiary/aromatic N) is 4. The van der Waals surface area contributed by atoms with E-state index in [0.717, 1.165) is 49.7 Å². The molecule has 0 spiro atoms. The number of anilines is 1. The molecule has 7 nitrogen and oxygen atoms in total. The number of hydrogen-bond donors (Lipinski definition) is 0. The van der Waals surface area contributed by atoms with Crippen LogP contribution in [0.25, 0.3) is 0 Å². The van der Waals surface area contributed by atoms with E-state index in [1.165, 1.54) is 11.1 Å². The van der Waals surface area contributed by atoms with Crippen LogP contribution in [-0.4, -0.2) is 53.9 Å². The van der Waals surface area contributed by atoms with Crippen LogP contribution in [0.4, 0.5) is 5.69 Å². The maximum Gasteiger partial charge on any atom is 0.244 e. The number of aryl methyl sites for hydroxylation is 1. The van der Waals surface area contributed by atoms with Gasteiger partial charge in [0.1, 0.15) is 0 Å². The first kappa shape index (κ1) is 16.9. The second kappa shape index (κ2) is 6.64. The van der Waals surface area contributed by atoms with Crippen LogP contribution >= 0.6 is 0 Å². The number of benzene rings is 1. The third kappa shape index (κ3) is 2.82. The third-order valence-electron chi connectivity index (χ3n) is 5.37. The second-order valence-electron chi connectivity index (χ2n) is 6.86. The van der Waals surface area contributed by atoms with Crippen LogP contribution in [0.3, 0.4) is 0 Å². The Morgan fingerprint density at radius 1 is 1.12 bits per heavy atom. The van der Waals surface area contributed by atoms with Crippen LogP contribution in [0.2, 0.25) is 0 Å². The normalized spacial score (nSPS) is 20.3. The van der Waals surface area contributed by atoms with Gasteiger partial charge >= 0.3 is 0 Å². The lowest BCUT2D eigenvalue weighted by atomic mass is 9.97. The Hall–Kier alpha value is -2.54. The quantitative estimate of drug-likeness (QED) is 0.833. The molecule has 7 heteroatoms. The molecule has 0 saturated carbocycles. The van der Waals surface area contributed by atoms with Crippen LogP contribution in [0.1, 0.15) is 17.5 Å². The number of ether oxygens (including phenoxy) is 2. The SMILES string of the molecule is COc1cc2c(cc1OC)CN(C1CCN(c3cnn(C)c3)C1=O)CC2. The van der Waals surface area contributed by atoms with Gasteiger partial charge in [0.25, 0.3) is 0 Å². The van der Waals surface area contributed by atoms with Gasteiger partial charge in [0.2, 0.25) is 5.91 Å². The second-order valence-corrected chi connectivity index (χ2v) is 6.86. The average molecular weight is 356 g/mol. The van der Waals surface area contributed by atoms with Gasteiger partial charge in [0.15, 0.2) is 11.5 Å². The van der Waals surface area contributed by atoms with Gasteiger partial charge in [-0.1, -0.05) is 0 Å². The number of rotatable bonds is 4. The number of carbonyl (C=O) groups excluding carboxylic acids is 1. The molecule has 1 saturated heterocycles. The van der Waals surface area contributed by atoms with Crippen molar-refractivity contribution in [2.45, 2.75) is 25.4 Å². The van der Waals surface area contributed by atoms with Crippen LogP contribution in [0.15, 0.2) is 24.5 Å². The van der Waals surface area contributed by atoms with Crippen LogP contribution in [-0.2, 0) is 24.8 Å². The van der Waals surface area contributed by atoms with E-state index < -0.39 is 0 Å². The van der Waals surface area contributed by atoms with Gasteiger partial charge in [-0.3, -0.25) is 14.4 Å². The average Bonchev–Trinajstić information content (AvgIpc) is 3.25. The van der Waals surface area contributed by atoms with Crippen molar-refractivity contribution in [2.24, 2.45) is 7.05 Å². The molecule has 2 aliphatic rings. The van der Waals surface area contributed by atoms with Crippen molar-refractivity contribution in [1.29, 1.82) is 0 Å². The van der Waals surface area contributed by atoms with Crippen LogP contribution in [0.5, 0.6) is 11.5 Å². The predicted octanol–water partition coefficient (Wildman–Crippen LogP) is 1.60. The number of fused-ring (bicyclic) bond motifs is 1. The van der Waals surface area contributed by atoms with Gasteiger partial charge in [-0.15, -0.1) is 0 Å². The lowest BCUT2D eigenvalue weighted by Crippen LogP contribution is -2.44. The highest BCUT2D eigenvalue weighted by Crippen LogP contribution is 2.35. The van der Waals surface area contributed by atoms with Crippen molar-refractivity contribution in [3.8, 4) is 11.5 Å². The molecule has 0 radical (unpaired) electrons. The van der Waals surface area contributed by atoms with E-state index in [4.69, 9.17) is 9.47 Å². The summed E-state index contributed by atoms with van der Waals surface area (Å²) in [7, 11) is 5.17. The first-order chi connectivity index (χ1) is 12.6. The zero-order valence-electron chi connectivity index (χ0n) is 15.4. The number of carbonyl (C=O) groups is 1. The van der Waals surface area contributed by atoms with Gasteiger partial charge in [0, 0.05) is 32.9 Å². The molecule has 0 bridgehead atoms. The Bertz CT molecular complexity index is 832. The molecule has 2 aliphatic heterocycles. The molecule has 1 fully saturated rings. The summed E-state index contributed by atoms with van der Waals surface area (Å²) in [6.07, 6.45) is 5.40.